The van der Waals surface area contributed by atoms with Crippen molar-refractivity contribution in [2.45, 2.75) is 38.5 Å². The third kappa shape index (κ3) is 3.85. The van der Waals surface area contributed by atoms with E-state index >= 15 is 0 Å². The molecular formula is C21H24N2O2. The van der Waals surface area contributed by atoms with Gasteiger partial charge in [0.2, 0.25) is 0 Å². The summed E-state index contributed by atoms with van der Waals surface area (Å²) < 4.78 is 6.10. The van der Waals surface area contributed by atoms with Gasteiger partial charge in [0, 0.05) is 25.7 Å². The van der Waals surface area contributed by atoms with Crippen molar-refractivity contribution in [1.29, 1.82) is 0 Å². The molecular weight excluding hydrogens is 312 g/mol. The van der Waals surface area contributed by atoms with Gasteiger partial charge in [-0.1, -0.05) is 36.4 Å². The first kappa shape index (κ1) is 16.2. The fraction of sp³-hybridized carbons (Fsp3) is 0.381. The fourth-order valence-corrected chi connectivity index (χ4v) is 3.18. The molecule has 1 N–H and O–H groups in total. The smallest absolute Gasteiger partial charge is 0.255 e. The minimum Gasteiger partial charge on any atom is -0.487 e. The molecule has 4 rings (SSSR count). The summed E-state index contributed by atoms with van der Waals surface area (Å²) in [6, 6.07) is 16.4. The summed E-state index contributed by atoms with van der Waals surface area (Å²) in [5.41, 5.74) is 3.34. The monoisotopic (exact) mass is 336 g/mol. The van der Waals surface area contributed by atoms with Gasteiger partial charge in [-0.3, -0.25) is 9.69 Å². The molecule has 2 aromatic rings. The molecule has 0 unspecified atom stereocenters. The van der Waals surface area contributed by atoms with Crippen LogP contribution in [0.2, 0.25) is 0 Å². The third-order valence-electron chi connectivity index (χ3n) is 4.92. The van der Waals surface area contributed by atoms with Crippen molar-refractivity contribution >= 4 is 5.91 Å². The van der Waals surface area contributed by atoms with E-state index in [-0.39, 0.29) is 12.0 Å². The molecule has 0 spiro atoms. The number of benzene rings is 2. The van der Waals surface area contributed by atoms with Crippen molar-refractivity contribution in [3.05, 3.63) is 65.2 Å². The predicted molar refractivity (Wildman–Crippen MR) is 97.8 cm³/mol. The average Bonchev–Trinajstić information content (AvgIpc) is 3.39. The molecule has 1 aliphatic heterocycles. The Bertz CT molecular complexity index is 764. The molecule has 0 radical (unpaired) electrons. The molecule has 2 fully saturated rings. The van der Waals surface area contributed by atoms with E-state index in [1.54, 1.807) is 0 Å². The van der Waals surface area contributed by atoms with E-state index in [2.05, 4.69) is 41.4 Å². The maximum absolute atomic E-state index is 12.3. The number of amides is 1. The molecule has 4 nitrogen and oxygen atoms in total. The minimum atomic E-state index is -0.0193. The Morgan fingerprint density at radius 2 is 1.84 bits per heavy atom. The highest BCUT2D eigenvalue weighted by molar-refractivity contribution is 5.97. The van der Waals surface area contributed by atoms with Gasteiger partial charge in [-0.2, -0.15) is 0 Å². The fourth-order valence-electron chi connectivity index (χ4n) is 3.18. The SMILES string of the molecule is Cc1ccccc1CN1CC(Oc2ccccc2C(=O)NC2CC2)C1. The van der Waals surface area contributed by atoms with Crippen molar-refractivity contribution < 1.29 is 9.53 Å². The summed E-state index contributed by atoms with van der Waals surface area (Å²) in [5.74, 6) is 0.676. The van der Waals surface area contributed by atoms with Gasteiger partial charge in [0.1, 0.15) is 11.9 Å². The van der Waals surface area contributed by atoms with Crippen LogP contribution in [0.15, 0.2) is 48.5 Å². The summed E-state index contributed by atoms with van der Waals surface area (Å²) in [4.78, 5) is 14.7. The van der Waals surface area contributed by atoms with Gasteiger partial charge in [-0.15, -0.1) is 0 Å². The molecule has 0 atom stereocenters. The maximum atomic E-state index is 12.3. The van der Waals surface area contributed by atoms with Crippen LogP contribution in [0.25, 0.3) is 0 Å². The summed E-state index contributed by atoms with van der Waals surface area (Å²) in [7, 11) is 0. The number of hydrogen-bond acceptors (Lipinski definition) is 3. The topological polar surface area (TPSA) is 41.6 Å². The van der Waals surface area contributed by atoms with E-state index in [0.29, 0.717) is 17.4 Å². The second-order valence-corrected chi connectivity index (χ2v) is 7.10. The number of aryl methyl sites for hydroxylation is 1. The zero-order valence-corrected chi connectivity index (χ0v) is 14.6. The van der Waals surface area contributed by atoms with Crippen LogP contribution >= 0.6 is 0 Å². The van der Waals surface area contributed by atoms with Gasteiger partial charge >= 0.3 is 0 Å². The number of nitrogens with one attached hydrogen (secondary N) is 1. The Hall–Kier alpha value is -2.33. The lowest BCUT2D eigenvalue weighted by Gasteiger charge is -2.39. The van der Waals surface area contributed by atoms with Gasteiger partial charge in [-0.25, -0.2) is 0 Å². The second-order valence-electron chi connectivity index (χ2n) is 7.10. The molecule has 25 heavy (non-hydrogen) atoms. The normalized spacial score (nSPS) is 17.8. The van der Waals surface area contributed by atoms with E-state index in [9.17, 15) is 4.79 Å². The van der Waals surface area contributed by atoms with Crippen LogP contribution in [0.5, 0.6) is 5.75 Å². The molecule has 1 aliphatic carbocycles. The quantitative estimate of drug-likeness (QED) is 0.881. The first-order valence-corrected chi connectivity index (χ1v) is 9.02. The van der Waals surface area contributed by atoms with E-state index < -0.39 is 0 Å². The molecule has 1 amide bonds. The Kier molecular flexibility index (Phi) is 4.45. The average molecular weight is 336 g/mol. The summed E-state index contributed by atoms with van der Waals surface area (Å²) in [6.07, 6.45) is 2.33. The molecule has 1 saturated carbocycles. The van der Waals surface area contributed by atoms with Gasteiger partial charge in [0.05, 0.1) is 5.56 Å². The second kappa shape index (κ2) is 6.89. The largest absolute Gasteiger partial charge is 0.487 e. The molecule has 2 aliphatic rings. The maximum Gasteiger partial charge on any atom is 0.255 e. The lowest BCUT2D eigenvalue weighted by atomic mass is 10.1. The van der Waals surface area contributed by atoms with Crippen LogP contribution in [0, 0.1) is 6.92 Å². The molecule has 1 heterocycles. The van der Waals surface area contributed by atoms with Crippen molar-refractivity contribution in [2.75, 3.05) is 13.1 Å². The minimum absolute atomic E-state index is 0.0193. The van der Waals surface area contributed by atoms with Gasteiger partial charge in [0.15, 0.2) is 0 Å². The van der Waals surface area contributed by atoms with E-state index in [1.807, 2.05) is 24.3 Å². The Balaban J connectivity index is 1.33. The van der Waals surface area contributed by atoms with E-state index in [4.69, 9.17) is 4.74 Å². The van der Waals surface area contributed by atoms with Crippen LogP contribution in [-0.4, -0.2) is 36.0 Å². The van der Waals surface area contributed by atoms with E-state index in [0.717, 1.165) is 32.5 Å². The Morgan fingerprint density at radius 1 is 1.12 bits per heavy atom. The molecule has 2 aromatic carbocycles. The number of nitrogens with zero attached hydrogens (tertiary/aromatic N) is 1. The van der Waals surface area contributed by atoms with E-state index in [1.165, 1.54) is 11.1 Å². The standard InChI is InChI=1S/C21H24N2O2/c1-15-6-2-3-7-16(15)12-23-13-18(14-23)25-20-9-5-4-8-19(20)21(24)22-17-10-11-17/h2-9,17-18H,10-14H2,1H3,(H,22,24). The van der Waals surface area contributed by atoms with Crippen LogP contribution in [0.1, 0.15) is 34.3 Å². The number of rotatable bonds is 6. The summed E-state index contributed by atoms with van der Waals surface area (Å²) >= 11 is 0. The first-order chi connectivity index (χ1) is 12.2. The Morgan fingerprint density at radius 3 is 2.60 bits per heavy atom. The van der Waals surface area contributed by atoms with Crippen LogP contribution < -0.4 is 10.1 Å². The highest BCUT2D eigenvalue weighted by Gasteiger charge is 2.30. The van der Waals surface area contributed by atoms with Gasteiger partial charge in [-0.05, 0) is 43.0 Å². The predicted octanol–water partition coefficient (Wildman–Crippen LogP) is 3.15. The van der Waals surface area contributed by atoms with Crippen LogP contribution in [0.3, 0.4) is 0 Å². The lowest BCUT2D eigenvalue weighted by Crippen LogP contribution is -2.53. The lowest BCUT2D eigenvalue weighted by molar-refractivity contribution is 0.0139. The number of hydrogen-bond donors (Lipinski definition) is 1. The summed E-state index contributed by atoms with van der Waals surface area (Å²) in [6.45, 7) is 4.90. The van der Waals surface area contributed by atoms with Crippen molar-refractivity contribution in [1.82, 2.24) is 10.2 Å². The first-order valence-electron chi connectivity index (χ1n) is 9.02. The Labute approximate surface area is 148 Å². The van der Waals surface area contributed by atoms with Gasteiger partial charge in [0.25, 0.3) is 5.91 Å². The van der Waals surface area contributed by atoms with Crippen molar-refractivity contribution in [3.63, 3.8) is 0 Å². The van der Waals surface area contributed by atoms with Crippen molar-refractivity contribution in [3.8, 4) is 5.75 Å². The number of para-hydroxylation sites is 1. The van der Waals surface area contributed by atoms with Gasteiger partial charge < -0.3 is 10.1 Å². The molecule has 0 aromatic heterocycles. The van der Waals surface area contributed by atoms with Crippen molar-refractivity contribution in [2.24, 2.45) is 0 Å². The zero-order valence-electron chi connectivity index (χ0n) is 14.6. The number of carbonyl (C=O) groups excluding carboxylic acids is 1. The molecule has 0 bridgehead atoms. The van der Waals surface area contributed by atoms with Crippen LogP contribution in [0.4, 0.5) is 0 Å². The highest BCUT2D eigenvalue weighted by Crippen LogP contribution is 2.26. The zero-order chi connectivity index (χ0) is 17.2. The molecule has 1 saturated heterocycles. The number of likely N-dealkylation sites (tertiary alicyclic amines) is 1. The molecule has 4 heteroatoms. The highest BCUT2D eigenvalue weighted by atomic mass is 16.5. The number of ether oxygens (including phenoxy) is 1. The third-order valence-corrected chi connectivity index (χ3v) is 4.92. The van der Waals surface area contributed by atoms with Crippen LogP contribution in [-0.2, 0) is 6.54 Å². The number of carbonyl (C=O) groups is 1. The molecule has 130 valence electrons. The summed E-state index contributed by atoms with van der Waals surface area (Å²) in [5, 5.41) is 3.04.